The van der Waals surface area contributed by atoms with Crippen molar-refractivity contribution < 1.29 is 14.7 Å². The van der Waals surface area contributed by atoms with Gasteiger partial charge in [0.1, 0.15) is 5.78 Å². The van der Waals surface area contributed by atoms with Crippen molar-refractivity contribution in [2.24, 2.45) is 5.92 Å². The van der Waals surface area contributed by atoms with Crippen LogP contribution in [0.15, 0.2) is 24.3 Å². The molecular weight excluding hydrogens is 242 g/mol. The van der Waals surface area contributed by atoms with Crippen LogP contribution in [0.4, 0.5) is 0 Å². The number of carboxylic acids is 1. The summed E-state index contributed by atoms with van der Waals surface area (Å²) in [5, 5.41) is 8.71. The number of carboxylic acid groups (broad SMARTS) is 1. The van der Waals surface area contributed by atoms with Crippen molar-refractivity contribution in [2.45, 2.75) is 26.3 Å². The summed E-state index contributed by atoms with van der Waals surface area (Å²) in [6.45, 7) is 4.44. The number of nitrogens with zero attached hydrogens (tertiary/aromatic N) is 1. The van der Waals surface area contributed by atoms with Crippen LogP contribution in [0.25, 0.3) is 0 Å². The molecule has 1 N–H and O–H groups in total. The van der Waals surface area contributed by atoms with E-state index in [4.69, 9.17) is 5.11 Å². The van der Waals surface area contributed by atoms with E-state index in [0.717, 1.165) is 30.8 Å². The molecule has 19 heavy (non-hydrogen) atoms. The lowest BCUT2D eigenvalue weighted by molar-refractivity contribution is -0.136. The fourth-order valence-electron chi connectivity index (χ4n) is 2.43. The van der Waals surface area contributed by atoms with Gasteiger partial charge in [-0.1, -0.05) is 31.2 Å². The first-order valence-corrected chi connectivity index (χ1v) is 6.59. The summed E-state index contributed by atoms with van der Waals surface area (Å²) in [5.41, 5.74) is 1.98. The average molecular weight is 261 g/mol. The third kappa shape index (κ3) is 3.89. The molecule has 1 heterocycles. The molecular formula is C15H19NO3. The summed E-state index contributed by atoms with van der Waals surface area (Å²) in [5.74, 6) is -0.329. The minimum atomic E-state index is -0.809. The molecule has 1 fully saturated rings. The first kappa shape index (κ1) is 13.7. The van der Waals surface area contributed by atoms with Gasteiger partial charge in [-0.05, 0) is 11.1 Å². The van der Waals surface area contributed by atoms with E-state index in [0.29, 0.717) is 12.2 Å². The number of piperidine rings is 1. The number of benzene rings is 1. The second kappa shape index (κ2) is 5.97. The van der Waals surface area contributed by atoms with Crippen molar-refractivity contribution >= 4 is 11.8 Å². The largest absolute Gasteiger partial charge is 0.481 e. The van der Waals surface area contributed by atoms with Gasteiger partial charge in [-0.15, -0.1) is 0 Å². The Morgan fingerprint density at radius 3 is 2.53 bits per heavy atom. The fraction of sp³-hybridized carbons (Fsp3) is 0.467. The van der Waals surface area contributed by atoms with Crippen LogP contribution < -0.4 is 0 Å². The normalized spacial score (nSPS) is 20.5. The number of carbonyl (C=O) groups is 2. The Bertz CT molecular complexity index is 467. The Labute approximate surface area is 113 Å². The minimum absolute atomic E-state index is 0.0650. The fourth-order valence-corrected chi connectivity index (χ4v) is 2.43. The smallest absolute Gasteiger partial charge is 0.307 e. The number of hydrogen-bond acceptors (Lipinski definition) is 3. The molecule has 0 bridgehead atoms. The van der Waals surface area contributed by atoms with E-state index in [9.17, 15) is 9.59 Å². The predicted molar refractivity (Wildman–Crippen MR) is 71.8 cm³/mol. The van der Waals surface area contributed by atoms with Gasteiger partial charge in [-0.25, -0.2) is 0 Å². The van der Waals surface area contributed by atoms with E-state index in [1.165, 1.54) is 0 Å². The van der Waals surface area contributed by atoms with E-state index < -0.39 is 5.97 Å². The van der Waals surface area contributed by atoms with Gasteiger partial charge in [-0.3, -0.25) is 14.5 Å². The maximum atomic E-state index is 11.5. The van der Waals surface area contributed by atoms with E-state index in [1.807, 2.05) is 31.2 Å². The Balaban J connectivity index is 1.92. The van der Waals surface area contributed by atoms with Gasteiger partial charge in [-0.2, -0.15) is 0 Å². The maximum absolute atomic E-state index is 11.5. The van der Waals surface area contributed by atoms with Crippen molar-refractivity contribution in [3.63, 3.8) is 0 Å². The number of rotatable bonds is 4. The summed E-state index contributed by atoms with van der Waals surface area (Å²) >= 11 is 0. The highest BCUT2D eigenvalue weighted by atomic mass is 16.4. The van der Waals surface area contributed by atoms with Crippen LogP contribution in [0, 0.1) is 5.92 Å². The first-order valence-electron chi connectivity index (χ1n) is 6.59. The van der Waals surface area contributed by atoms with E-state index in [2.05, 4.69) is 4.90 Å². The maximum Gasteiger partial charge on any atom is 0.307 e. The summed E-state index contributed by atoms with van der Waals surface area (Å²) in [4.78, 5) is 24.3. The van der Waals surface area contributed by atoms with Gasteiger partial charge >= 0.3 is 5.97 Å². The van der Waals surface area contributed by atoms with Gasteiger partial charge in [0.25, 0.3) is 0 Å². The zero-order valence-corrected chi connectivity index (χ0v) is 11.1. The lowest BCUT2D eigenvalue weighted by atomic mass is 9.98. The Hall–Kier alpha value is -1.68. The Kier molecular flexibility index (Phi) is 4.32. The summed E-state index contributed by atoms with van der Waals surface area (Å²) in [6, 6.07) is 7.67. The molecule has 102 valence electrons. The molecule has 0 spiro atoms. The third-order valence-electron chi connectivity index (χ3n) is 3.54. The molecule has 1 atom stereocenters. The number of likely N-dealkylation sites (tertiary alicyclic amines) is 1. The highest BCUT2D eigenvalue weighted by Crippen LogP contribution is 2.15. The lowest BCUT2D eigenvalue weighted by Crippen LogP contribution is -2.38. The van der Waals surface area contributed by atoms with Crippen LogP contribution in [-0.2, 0) is 22.6 Å². The van der Waals surface area contributed by atoms with Crippen molar-refractivity contribution in [3.8, 4) is 0 Å². The average Bonchev–Trinajstić information content (AvgIpc) is 2.36. The van der Waals surface area contributed by atoms with Gasteiger partial charge < -0.3 is 5.11 Å². The summed E-state index contributed by atoms with van der Waals surface area (Å²) in [6.07, 6.45) is 0.702. The zero-order chi connectivity index (χ0) is 13.8. The van der Waals surface area contributed by atoms with E-state index in [1.54, 1.807) is 0 Å². The molecule has 1 aliphatic rings. The molecule has 0 aliphatic carbocycles. The molecule has 4 nitrogen and oxygen atoms in total. The van der Waals surface area contributed by atoms with Crippen LogP contribution >= 0.6 is 0 Å². The molecule has 0 aromatic heterocycles. The molecule has 2 rings (SSSR count). The topological polar surface area (TPSA) is 57.6 Å². The summed E-state index contributed by atoms with van der Waals surface area (Å²) < 4.78 is 0. The number of carbonyl (C=O) groups excluding carboxylic acids is 1. The molecule has 0 saturated carbocycles. The van der Waals surface area contributed by atoms with Gasteiger partial charge in [0, 0.05) is 32.0 Å². The second-order valence-electron chi connectivity index (χ2n) is 5.24. The van der Waals surface area contributed by atoms with Gasteiger partial charge in [0.15, 0.2) is 0 Å². The highest BCUT2D eigenvalue weighted by Gasteiger charge is 2.23. The SMILES string of the molecule is CC1CN(Cc2ccc(CC(=O)O)cc2)CCC1=O. The summed E-state index contributed by atoms with van der Waals surface area (Å²) in [7, 11) is 0. The molecule has 4 heteroatoms. The van der Waals surface area contributed by atoms with Crippen LogP contribution in [0.2, 0.25) is 0 Å². The van der Waals surface area contributed by atoms with E-state index >= 15 is 0 Å². The highest BCUT2D eigenvalue weighted by molar-refractivity contribution is 5.81. The van der Waals surface area contributed by atoms with Gasteiger partial charge in [0.05, 0.1) is 6.42 Å². The molecule has 0 amide bonds. The second-order valence-corrected chi connectivity index (χ2v) is 5.24. The number of ketones is 1. The van der Waals surface area contributed by atoms with Crippen molar-refractivity contribution in [1.29, 1.82) is 0 Å². The number of Topliss-reactive ketones (excluding diaryl/α,β-unsaturated/α-hetero) is 1. The molecule has 1 aromatic rings. The first-order chi connectivity index (χ1) is 9.04. The minimum Gasteiger partial charge on any atom is -0.481 e. The van der Waals surface area contributed by atoms with E-state index in [-0.39, 0.29) is 12.3 Å². The number of hydrogen-bond donors (Lipinski definition) is 1. The van der Waals surface area contributed by atoms with Crippen molar-refractivity contribution in [2.75, 3.05) is 13.1 Å². The lowest BCUT2D eigenvalue weighted by Gasteiger charge is -2.29. The van der Waals surface area contributed by atoms with Gasteiger partial charge in [0.2, 0.25) is 0 Å². The van der Waals surface area contributed by atoms with Crippen molar-refractivity contribution in [3.05, 3.63) is 35.4 Å². The van der Waals surface area contributed by atoms with Crippen LogP contribution in [0.5, 0.6) is 0 Å². The molecule has 0 radical (unpaired) electrons. The predicted octanol–water partition coefficient (Wildman–Crippen LogP) is 1.72. The number of aliphatic carboxylic acids is 1. The molecule has 1 aromatic carbocycles. The molecule has 1 unspecified atom stereocenters. The quantitative estimate of drug-likeness (QED) is 0.896. The Morgan fingerprint density at radius 2 is 1.95 bits per heavy atom. The van der Waals surface area contributed by atoms with Crippen LogP contribution in [0.3, 0.4) is 0 Å². The van der Waals surface area contributed by atoms with Crippen LogP contribution in [0.1, 0.15) is 24.5 Å². The monoisotopic (exact) mass is 261 g/mol. The third-order valence-corrected chi connectivity index (χ3v) is 3.54. The zero-order valence-electron chi connectivity index (χ0n) is 11.1. The molecule has 1 saturated heterocycles. The van der Waals surface area contributed by atoms with Crippen molar-refractivity contribution in [1.82, 2.24) is 4.90 Å². The standard InChI is InChI=1S/C15H19NO3/c1-11-9-16(7-6-14(11)17)10-13-4-2-12(3-5-13)8-15(18)19/h2-5,11H,6-10H2,1H3,(H,18,19). The molecule has 1 aliphatic heterocycles. The Morgan fingerprint density at radius 1 is 1.32 bits per heavy atom. The van der Waals surface area contributed by atoms with Crippen LogP contribution in [-0.4, -0.2) is 34.8 Å².